The van der Waals surface area contributed by atoms with E-state index < -0.39 is 17.4 Å². The van der Waals surface area contributed by atoms with Gasteiger partial charge in [-0.05, 0) is 51.3 Å². The zero-order valence-electron chi connectivity index (χ0n) is 27.0. The molecule has 4 amide bonds. The maximum atomic E-state index is 14.8. The number of para-hydroxylation sites is 1. The SMILES string of the molecule is CCOC(=O)[C@@](CC(=O)N1CCC(NC(N)=O)CC1)(Cc1cn(C)c2ccccc12)C(=O)N1CCC(N2CCN(C)CC2)CC1. The van der Waals surface area contributed by atoms with Gasteiger partial charge >= 0.3 is 12.0 Å². The molecule has 0 bridgehead atoms. The molecule has 3 aliphatic heterocycles. The third kappa shape index (κ3) is 7.27. The predicted molar refractivity (Wildman–Crippen MR) is 171 cm³/mol. The number of likely N-dealkylation sites (N-methyl/N-ethyl adjacent to an activating group) is 1. The van der Waals surface area contributed by atoms with Crippen molar-refractivity contribution < 1.29 is 23.9 Å². The van der Waals surface area contributed by atoms with E-state index in [9.17, 15) is 19.2 Å². The molecule has 0 saturated carbocycles. The molecule has 1 aromatic carbocycles. The number of hydrogen-bond donors (Lipinski definition) is 2. The Morgan fingerprint density at radius 1 is 0.911 bits per heavy atom. The Balaban J connectivity index is 1.42. The van der Waals surface area contributed by atoms with E-state index in [-0.39, 0.29) is 37.3 Å². The normalized spacial score (nSPS) is 20.6. The summed E-state index contributed by atoms with van der Waals surface area (Å²) in [6.07, 6.45) is 4.51. The fraction of sp³-hybridized carbons (Fsp3) is 0.636. The molecule has 3 fully saturated rings. The summed E-state index contributed by atoms with van der Waals surface area (Å²) in [6.45, 7) is 7.81. The first kappa shape index (κ1) is 32.7. The zero-order valence-corrected chi connectivity index (χ0v) is 27.0. The van der Waals surface area contributed by atoms with Crippen LogP contribution in [0.2, 0.25) is 0 Å². The third-order valence-electron chi connectivity index (χ3n) is 10.0. The van der Waals surface area contributed by atoms with Crippen LogP contribution in [0.1, 0.15) is 44.6 Å². The highest BCUT2D eigenvalue weighted by atomic mass is 16.5. The van der Waals surface area contributed by atoms with E-state index in [0.717, 1.165) is 55.5 Å². The molecule has 45 heavy (non-hydrogen) atoms. The Morgan fingerprint density at radius 2 is 1.56 bits per heavy atom. The number of aromatic nitrogens is 1. The van der Waals surface area contributed by atoms with Crippen LogP contribution in [0.15, 0.2) is 30.5 Å². The number of piperazine rings is 1. The van der Waals surface area contributed by atoms with E-state index in [1.165, 1.54) is 0 Å². The number of likely N-dealkylation sites (tertiary alicyclic amines) is 2. The number of nitrogens with one attached hydrogen (secondary N) is 1. The molecule has 1 aromatic heterocycles. The molecule has 5 rings (SSSR count). The maximum Gasteiger partial charge on any atom is 0.322 e. The van der Waals surface area contributed by atoms with Gasteiger partial charge in [0.15, 0.2) is 5.41 Å². The van der Waals surface area contributed by atoms with Gasteiger partial charge in [-0.2, -0.15) is 0 Å². The Hall–Kier alpha value is -3.64. The number of piperidine rings is 2. The second-order valence-corrected chi connectivity index (χ2v) is 13.0. The Kier molecular flexibility index (Phi) is 10.3. The van der Waals surface area contributed by atoms with Gasteiger partial charge in [-0.25, -0.2) is 4.79 Å². The third-order valence-corrected chi connectivity index (χ3v) is 10.0. The van der Waals surface area contributed by atoms with E-state index in [0.29, 0.717) is 45.1 Å². The first-order valence-corrected chi connectivity index (χ1v) is 16.4. The number of nitrogens with zero attached hydrogens (tertiary/aromatic N) is 5. The number of rotatable bonds is 9. The number of aryl methyl sites for hydroxylation is 1. The van der Waals surface area contributed by atoms with Gasteiger partial charge in [0.1, 0.15) is 0 Å². The second-order valence-electron chi connectivity index (χ2n) is 13.0. The van der Waals surface area contributed by atoms with E-state index in [1.807, 2.05) is 42.1 Å². The highest BCUT2D eigenvalue weighted by molar-refractivity contribution is 6.06. The summed E-state index contributed by atoms with van der Waals surface area (Å²) in [5.41, 5.74) is 5.42. The van der Waals surface area contributed by atoms with Crippen LogP contribution in [0.4, 0.5) is 4.79 Å². The highest BCUT2D eigenvalue weighted by Crippen LogP contribution is 2.37. The number of benzene rings is 1. The van der Waals surface area contributed by atoms with Gasteiger partial charge in [0, 0.05) is 95.0 Å². The van der Waals surface area contributed by atoms with Gasteiger partial charge in [0.05, 0.1) is 13.0 Å². The standard InChI is InChI=1S/C33H49N7O5/c1-4-45-31(43)33(21-24-23-37(3)28-8-6-5-7-27(24)28,22-29(41)39-13-9-25(10-14-39)35-32(34)44)30(42)40-15-11-26(12-16-40)38-19-17-36(2)18-20-38/h5-8,23,25-26H,4,9-22H2,1-3H3,(H3,34,35,44)/t33-/m1/s1. The molecule has 4 heterocycles. The predicted octanol–water partition coefficient (Wildman–Crippen LogP) is 1.56. The fourth-order valence-electron chi connectivity index (χ4n) is 7.37. The first-order chi connectivity index (χ1) is 21.6. The molecule has 0 spiro atoms. The first-order valence-electron chi connectivity index (χ1n) is 16.4. The van der Waals surface area contributed by atoms with Crippen LogP contribution in [0.3, 0.4) is 0 Å². The quantitative estimate of drug-likeness (QED) is 0.320. The lowest BCUT2D eigenvalue weighted by atomic mass is 9.76. The van der Waals surface area contributed by atoms with Crippen molar-refractivity contribution in [3.63, 3.8) is 0 Å². The lowest BCUT2D eigenvalue weighted by Crippen LogP contribution is -2.57. The van der Waals surface area contributed by atoms with Crippen LogP contribution < -0.4 is 11.1 Å². The van der Waals surface area contributed by atoms with Crippen LogP contribution in [0.5, 0.6) is 0 Å². The number of esters is 1. The lowest BCUT2D eigenvalue weighted by molar-refractivity contribution is -0.169. The minimum atomic E-state index is -1.71. The van der Waals surface area contributed by atoms with Crippen molar-refractivity contribution in [3.8, 4) is 0 Å². The number of carbonyl (C=O) groups excluding carboxylic acids is 4. The Bertz CT molecular complexity index is 1370. The molecular weight excluding hydrogens is 574 g/mol. The van der Waals surface area contributed by atoms with Crippen LogP contribution in [0, 0.1) is 5.41 Å². The maximum absolute atomic E-state index is 14.8. The molecule has 0 radical (unpaired) electrons. The Labute approximate surface area is 265 Å². The highest BCUT2D eigenvalue weighted by Gasteiger charge is 2.52. The number of carbonyl (C=O) groups is 4. The molecule has 3 aliphatic rings. The van der Waals surface area contributed by atoms with E-state index in [2.05, 4.69) is 22.2 Å². The summed E-state index contributed by atoms with van der Waals surface area (Å²) in [4.78, 5) is 62.6. The van der Waals surface area contributed by atoms with E-state index in [1.54, 1.807) is 16.7 Å². The average Bonchev–Trinajstić information content (AvgIpc) is 3.35. The van der Waals surface area contributed by atoms with Crippen molar-refractivity contribution in [3.05, 3.63) is 36.0 Å². The molecule has 0 unspecified atom stereocenters. The fourth-order valence-corrected chi connectivity index (χ4v) is 7.37. The van der Waals surface area contributed by atoms with Crippen molar-refractivity contribution in [2.24, 2.45) is 18.2 Å². The molecule has 246 valence electrons. The largest absolute Gasteiger partial charge is 0.465 e. The molecule has 2 aromatic rings. The van der Waals surface area contributed by atoms with Gasteiger partial charge < -0.3 is 35.1 Å². The van der Waals surface area contributed by atoms with Crippen LogP contribution >= 0.6 is 0 Å². The summed E-state index contributed by atoms with van der Waals surface area (Å²) in [5.74, 6) is -1.24. The lowest BCUT2D eigenvalue weighted by Gasteiger charge is -2.44. The molecule has 12 nitrogen and oxygen atoms in total. The molecule has 12 heteroatoms. The molecule has 1 atom stereocenters. The number of fused-ring (bicyclic) bond motifs is 1. The monoisotopic (exact) mass is 623 g/mol. The van der Waals surface area contributed by atoms with Crippen molar-refractivity contribution in [2.45, 2.75) is 57.5 Å². The van der Waals surface area contributed by atoms with Crippen molar-refractivity contribution in [2.75, 3.05) is 66.0 Å². The summed E-state index contributed by atoms with van der Waals surface area (Å²) in [7, 11) is 4.09. The minimum Gasteiger partial charge on any atom is -0.465 e. The van der Waals surface area contributed by atoms with Gasteiger partial charge in [-0.15, -0.1) is 0 Å². The van der Waals surface area contributed by atoms with E-state index in [4.69, 9.17) is 10.5 Å². The molecule has 3 N–H and O–H groups in total. The van der Waals surface area contributed by atoms with Gasteiger partial charge in [0.25, 0.3) is 0 Å². The van der Waals surface area contributed by atoms with Crippen molar-refractivity contribution in [1.82, 2.24) is 29.5 Å². The van der Waals surface area contributed by atoms with Gasteiger partial charge in [-0.1, -0.05) is 18.2 Å². The number of amides is 4. The molecule has 3 saturated heterocycles. The molecule has 0 aliphatic carbocycles. The number of urea groups is 1. The summed E-state index contributed by atoms with van der Waals surface area (Å²) >= 11 is 0. The topological polar surface area (TPSA) is 133 Å². The van der Waals surface area contributed by atoms with Crippen LogP contribution in [-0.4, -0.2) is 126 Å². The summed E-state index contributed by atoms with van der Waals surface area (Å²) < 4.78 is 7.64. The number of ether oxygens (including phenoxy) is 1. The number of hydrogen-bond acceptors (Lipinski definition) is 7. The smallest absolute Gasteiger partial charge is 0.322 e. The number of primary amides is 1. The summed E-state index contributed by atoms with van der Waals surface area (Å²) in [5, 5.41) is 3.67. The minimum absolute atomic E-state index is 0.0653. The van der Waals surface area contributed by atoms with Crippen molar-refractivity contribution in [1.29, 1.82) is 0 Å². The van der Waals surface area contributed by atoms with Crippen LogP contribution in [-0.2, 0) is 32.6 Å². The summed E-state index contributed by atoms with van der Waals surface area (Å²) in [6, 6.07) is 7.60. The Morgan fingerprint density at radius 3 is 2.20 bits per heavy atom. The zero-order chi connectivity index (χ0) is 32.1. The molecular formula is C33H49N7O5. The second kappa shape index (κ2) is 14.2. The van der Waals surface area contributed by atoms with Gasteiger partial charge in [0.2, 0.25) is 11.8 Å². The van der Waals surface area contributed by atoms with Crippen LogP contribution in [0.25, 0.3) is 10.9 Å². The number of nitrogens with two attached hydrogens (primary N) is 1. The van der Waals surface area contributed by atoms with E-state index >= 15 is 0 Å². The average molecular weight is 624 g/mol. The van der Waals surface area contributed by atoms with Crippen molar-refractivity contribution >= 4 is 34.7 Å². The van der Waals surface area contributed by atoms with Gasteiger partial charge in [-0.3, -0.25) is 19.3 Å².